The first-order valence-corrected chi connectivity index (χ1v) is 9.88. The first kappa shape index (κ1) is 16.4. The Bertz CT molecular complexity index is 791. The van der Waals surface area contributed by atoms with Crippen molar-refractivity contribution in [3.05, 3.63) is 46.3 Å². The van der Waals surface area contributed by atoms with Crippen molar-refractivity contribution in [1.29, 1.82) is 0 Å². The largest absolute Gasteiger partial charge is 0.443 e. The summed E-state index contributed by atoms with van der Waals surface area (Å²) < 4.78 is 32.9. The molecule has 1 amide bonds. The number of nitrogens with zero attached hydrogens (tertiary/aromatic N) is 1. The smallest absolute Gasteiger partial charge is 0.415 e. The van der Waals surface area contributed by atoms with Gasteiger partial charge in [0, 0.05) is 11.0 Å². The number of ether oxygens (including phenoxy) is 1. The van der Waals surface area contributed by atoms with Gasteiger partial charge in [-0.3, -0.25) is 4.90 Å². The fourth-order valence-electron chi connectivity index (χ4n) is 2.13. The zero-order valence-corrected chi connectivity index (χ0v) is 15.0. The Labute approximate surface area is 146 Å². The van der Waals surface area contributed by atoms with Gasteiger partial charge < -0.3 is 4.74 Å². The van der Waals surface area contributed by atoms with Crippen LogP contribution >= 0.6 is 27.3 Å². The highest BCUT2D eigenvalue weighted by Gasteiger charge is 2.33. The summed E-state index contributed by atoms with van der Waals surface area (Å²) in [5, 5.41) is 2.65. The lowest BCUT2D eigenvalue weighted by Crippen LogP contribution is -2.34. The number of halogens is 1. The second-order valence-electron chi connectivity index (χ2n) is 4.87. The Morgan fingerprint density at radius 2 is 2.04 bits per heavy atom. The number of hydrogen-bond acceptors (Lipinski definition) is 5. The number of nitrogens with one attached hydrogen (secondary N) is 1. The fraction of sp³-hybridized carbons (Fsp3) is 0.214. The van der Waals surface area contributed by atoms with Crippen LogP contribution in [0.25, 0.3) is 0 Å². The molecule has 1 aliphatic heterocycles. The number of benzene rings is 1. The zero-order chi connectivity index (χ0) is 16.4. The molecule has 1 fully saturated rings. The molecule has 0 bridgehead atoms. The number of thiophene rings is 1. The fourth-order valence-corrected chi connectivity index (χ4v) is 4.19. The van der Waals surface area contributed by atoms with Gasteiger partial charge in [-0.25, -0.2) is 17.9 Å². The van der Waals surface area contributed by atoms with Crippen LogP contribution in [0, 0.1) is 0 Å². The average Bonchev–Trinajstić information content (AvgIpc) is 3.15. The maximum absolute atomic E-state index is 12.2. The SMILES string of the molecule is O=C1OC(CNS(=O)(=O)c2ccc(Br)cc2)CN1c1cccs1. The van der Waals surface area contributed by atoms with Gasteiger partial charge in [-0.15, -0.1) is 11.3 Å². The van der Waals surface area contributed by atoms with Gasteiger partial charge in [0.15, 0.2) is 0 Å². The number of carbonyl (C=O) groups is 1. The van der Waals surface area contributed by atoms with Crippen molar-refractivity contribution in [2.24, 2.45) is 0 Å². The van der Waals surface area contributed by atoms with Gasteiger partial charge in [0.2, 0.25) is 10.0 Å². The van der Waals surface area contributed by atoms with Crippen molar-refractivity contribution in [2.45, 2.75) is 11.0 Å². The van der Waals surface area contributed by atoms with Crippen LogP contribution in [-0.4, -0.2) is 33.7 Å². The van der Waals surface area contributed by atoms with E-state index in [0.29, 0.717) is 6.54 Å². The standard InChI is InChI=1S/C14H13BrN2O4S2/c15-10-3-5-12(6-4-10)23(19,20)16-8-11-9-17(14(18)21-11)13-2-1-7-22-13/h1-7,11,16H,8-9H2. The second kappa shape index (κ2) is 6.60. The number of carbonyl (C=O) groups excluding carboxylic acids is 1. The van der Waals surface area contributed by atoms with Gasteiger partial charge >= 0.3 is 6.09 Å². The predicted octanol–water partition coefficient (Wildman–Crippen LogP) is 2.81. The molecule has 1 aromatic heterocycles. The molecule has 1 aromatic carbocycles. The highest BCUT2D eigenvalue weighted by atomic mass is 79.9. The highest BCUT2D eigenvalue weighted by molar-refractivity contribution is 9.10. The highest BCUT2D eigenvalue weighted by Crippen LogP contribution is 2.26. The monoisotopic (exact) mass is 416 g/mol. The van der Waals surface area contributed by atoms with Crippen molar-refractivity contribution in [1.82, 2.24) is 4.72 Å². The van der Waals surface area contributed by atoms with Crippen LogP contribution in [0.5, 0.6) is 0 Å². The van der Waals surface area contributed by atoms with Crippen LogP contribution in [0.3, 0.4) is 0 Å². The van der Waals surface area contributed by atoms with E-state index in [2.05, 4.69) is 20.7 Å². The molecule has 0 aliphatic carbocycles. The lowest BCUT2D eigenvalue weighted by Gasteiger charge is -2.11. The van der Waals surface area contributed by atoms with Crippen LogP contribution in [0.2, 0.25) is 0 Å². The van der Waals surface area contributed by atoms with Crippen LogP contribution < -0.4 is 9.62 Å². The van der Waals surface area contributed by atoms with Crippen molar-refractivity contribution in [2.75, 3.05) is 18.0 Å². The molecule has 1 unspecified atom stereocenters. The molecule has 0 radical (unpaired) electrons. The molecule has 1 atom stereocenters. The van der Waals surface area contributed by atoms with E-state index >= 15 is 0 Å². The number of anilines is 1. The summed E-state index contributed by atoms with van der Waals surface area (Å²) in [6, 6.07) is 9.98. The first-order chi connectivity index (χ1) is 11.0. The Morgan fingerprint density at radius 1 is 1.30 bits per heavy atom. The van der Waals surface area contributed by atoms with Gasteiger partial charge in [0.25, 0.3) is 0 Å². The third-order valence-electron chi connectivity index (χ3n) is 3.27. The summed E-state index contributed by atoms with van der Waals surface area (Å²) in [4.78, 5) is 13.5. The van der Waals surface area contributed by atoms with Crippen molar-refractivity contribution >= 4 is 48.4 Å². The summed E-state index contributed by atoms with van der Waals surface area (Å²) in [6.45, 7) is 0.355. The molecule has 1 N–H and O–H groups in total. The minimum Gasteiger partial charge on any atom is -0.443 e. The van der Waals surface area contributed by atoms with Gasteiger partial charge in [-0.2, -0.15) is 0 Å². The number of sulfonamides is 1. The molecular weight excluding hydrogens is 404 g/mol. The second-order valence-corrected chi connectivity index (χ2v) is 8.48. The summed E-state index contributed by atoms with van der Waals surface area (Å²) in [7, 11) is -3.63. The molecule has 1 saturated heterocycles. The number of rotatable bonds is 5. The van der Waals surface area contributed by atoms with E-state index in [-0.39, 0.29) is 11.4 Å². The average molecular weight is 417 g/mol. The lowest BCUT2D eigenvalue weighted by atomic mass is 10.3. The molecule has 0 saturated carbocycles. The van der Waals surface area contributed by atoms with E-state index in [1.165, 1.54) is 28.4 Å². The topological polar surface area (TPSA) is 75.7 Å². The van der Waals surface area contributed by atoms with Gasteiger partial charge in [0.1, 0.15) is 11.1 Å². The lowest BCUT2D eigenvalue weighted by molar-refractivity contribution is 0.143. The van der Waals surface area contributed by atoms with Gasteiger partial charge in [-0.05, 0) is 41.8 Å². The van der Waals surface area contributed by atoms with E-state index < -0.39 is 22.2 Å². The molecule has 23 heavy (non-hydrogen) atoms. The van der Waals surface area contributed by atoms with Gasteiger partial charge in [0.05, 0.1) is 11.4 Å². The molecule has 9 heteroatoms. The Kier molecular flexibility index (Phi) is 4.72. The molecule has 2 aromatic rings. The van der Waals surface area contributed by atoms with E-state index in [4.69, 9.17) is 4.74 Å². The molecule has 6 nitrogen and oxygen atoms in total. The number of cyclic esters (lactones) is 1. The van der Waals surface area contributed by atoms with Crippen LogP contribution in [0.1, 0.15) is 0 Å². The summed E-state index contributed by atoms with van der Waals surface area (Å²) in [6.07, 6.45) is -0.977. The summed E-state index contributed by atoms with van der Waals surface area (Å²) in [5.74, 6) is 0. The maximum Gasteiger partial charge on any atom is 0.415 e. The molecule has 122 valence electrons. The first-order valence-electron chi connectivity index (χ1n) is 6.72. The predicted molar refractivity (Wildman–Crippen MR) is 91.3 cm³/mol. The molecule has 2 heterocycles. The molecule has 1 aliphatic rings. The third kappa shape index (κ3) is 3.74. The van der Waals surface area contributed by atoms with E-state index in [1.54, 1.807) is 12.1 Å². The van der Waals surface area contributed by atoms with E-state index in [0.717, 1.165) is 9.47 Å². The van der Waals surface area contributed by atoms with E-state index in [1.807, 2.05) is 17.5 Å². The Hall–Kier alpha value is -1.42. The normalized spacial score (nSPS) is 18.2. The van der Waals surface area contributed by atoms with E-state index in [9.17, 15) is 13.2 Å². The summed E-state index contributed by atoms with van der Waals surface area (Å²) in [5.41, 5.74) is 0. The molecular formula is C14H13BrN2O4S2. The van der Waals surface area contributed by atoms with Crippen molar-refractivity contribution < 1.29 is 17.9 Å². The Morgan fingerprint density at radius 3 is 2.70 bits per heavy atom. The third-order valence-corrected chi connectivity index (χ3v) is 6.13. The molecule has 0 spiro atoms. The maximum atomic E-state index is 12.2. The summed E-state index contributed by atoms with van der Waals surface area (Å²) >= 11 is 4.69. The van der Waals surface area contributed by atoms with Crippen LogP contribution in [0.4, 0.5) is 9.80 Å². The quantitative estimate of drug-likeness (QED) is 0.812. The minimum absolute atomic E-state index is 0.0337. The molecule has 3 rings (SSSR count). The van der Waals surface area contributed by atoms with Gasteiger partial charge in [-0.1, -0.05) is 15.9 Å². The Balaban J connectivity index is 1.62. The van der Waals surface area contributed by atoms with Crippen LogP contribution in [-0.2, 0) is 14.8 Å². The van der Waals surface area contributed by atoms with Crippen molar-refractivity contribution in [3.63, 3.8) is 0 Å². The minimum atomic E-state index is -3.63. The number of amides is 1. The number of hydrogen-bond donors (Lipinski definition) is 1. The zero-order valence-electron chi connectivity index (χ0n) is 11.8. The van der Waals surface area contributed by atoms with Crippen LogP contribution in [0.15, 0.2) is 51.1 Å². The van der Waals surface area contributed by atoms with Crippen molar-refractivity contribution in [3.8, 4) is 0 Å².